The minimum atomic E-state index is -4.27. The van der Waals surface area contributed by atoms with Gasteiger partial charge < -0.3 is 5.32 Å². The largest absolute Gasteiger partial charge is 0.398 e. The second kappa shape index (κ2) is 8.58. The van der Waals surface area contributed by atoms with Gasteiger partial charge in [-0.05, 0) is 12.1 Å². The van der Waals surface area contributed by atoms with Crippen LogP contribution in [0.4, 0.5) is 18.9 Å². The molecule has 0 aliphatic rings. The smallest absolute Gasteiger partial charge is 0.325 e. The summed E-state index contributed by atoms with van der Waals surface area (Å²) in [7, 11) is 0. The van der Waals surface area contributed by atoms with Crippen LogP contribution in [0.5, 0.6) is 0 Å². The van der Waals surface area contributed by atoms with Crippen molar-refractivity contribution in [2.45, 2.75) is 17.5 Å². The molecule has 0 radical (unpaired) electrons. The zero-order chi connectivity index (χ0) is 19.3. The third kappa shape index (κ3) is 5.83. The number of hydrogen-bond acceptors (Lipinski definition) is 4. The topological polar surface area (TPSA) is 42.0 Å². The number of halogens is 3. The third-order valence-electron chi connectivity index (χ3n) is 3.47. The molecule has 8 heteroatoms. The standard InChI is InChI=1S/C19H15F3N2OS2/c20-19(21,22)12-27-16-9-5-4-8-15(16)24-17(25)10-14-11-26-18(23-14)13-6-2-1-3-7-13/h1-9,11H,10,12H2,(H,24,25). The summed E-state index contributed by atoms with van der Waals surface area (Å²) in [6.45, 7) is 0. The van der Waals surface area contributed by atoms with Crippen molar-refractivity contribution in [2.24, 2.45) is 0 Å². The highest BCUT2D eigenvalue weighted by Crippen LogP contribution is 2.32. The molecule has 3 aromatic rings. The van der Waals surface area contributed by atoms with Gasteiger partial charge in [-0.2, -0.15) is 13.2 Å². The van der Waals surface area contributed by atoms with Gasteiger partial charge in [0.2, 0.25) is 5.91 Å². The summed E-state index contributed by atoms with van der Waals surface area (Å²) in [5, 5.41) is 5.31. The molecule has 0 atom stereocenters. The normalized spacial score (nSPS) is 11.4. The second-order valence-electron chi connectivity index (χ2n) is 5.63. The fourth-order valence-electron chi connectivity index (χ4n) is 2.32. The number of alkyl halides is 3. The minimum absolute atomic E-state index is 0.0571. The molecular formula is C19H15F3N2OS2. The molecule has 1 aromatic heterocycles. The highest BCUT2D eigenvalue weighted by Gasteiger charge is 2.27. The SMILES string of the molecule is O=C(Cc1csc(-c2ccccc2)n1)Nc1ccccc1SCC(F)(F)F. The number of thiazole rings is 1. The molecule has 0 saturated carbocycles. The number of benzene rings is 2. The van der Waals surface area contributed by atoms with Gasteiger partial charge in [-0.25, -0.2) is 4.98 Å². The number of carbonyl (C=O) groups is 1. The first-order valence-corrected chi connectivity index (χ1v) is 9.85. The molecule has 27 heavy (non-hydrogen) atoms. The van der Waals surface area contributed by atoms with Crippen molar-refractivity contribution < 1.29 is 18.0 Å². The highest BCUT2D eigenvalue weighted by atomic mass is 32.2. The molecule has 0 aliphatic heterocycles. The average Bonchev–Trinajstić information content (AvgIpc) is 3.09. The highest BCUT2D eigenvalue weighted by molar-refractivity contribution is 7.99. The van der Waals surface area contributed by atoms with Crippen LogP contribution in [0.2, 0.25) is 0 Å². The van der Waals surface area contributed by atoms with Gasteiger partial charge in [-0.15, -0.1) is 23.1 Å². The molecule has 0 bridgehead atoms. The molecule has 3 rings (SSSR count). The molecular weight excluding hydrogens is 393 g/mol. The van der Waals surface area contributed by atoms with Crippen LogP contribution in [0.1, 0.15) is 5.69 Å². The predicted molar refractivity (Wildman–Crippen MR) is 103 cm³/mol. The molecule has 0 unspecified atom stereocenters. The van der Waals surface area contributed by atoms with E-state index in [2.05, 4.69) is 10.3 Å². The van der Waals surface area contributed by atoms with E-state index in [4.69, 9.17) is 0 Å². The Hall–Kier alpha value is -2.32. The summed E-state index contributed by atoms with van der Waals surface area (Å²) in [5.74, 6) is -1.33. The number of rotatable bonds is 6. The summed E-state index contributed by atoms with van der Waals surface area (Å²) in [4.78, 5) is 17.1. The van der Waals surface area contributed by atoms with Crippen molar-refractivity contribution in [3.8, 4) is 10.6 Å². The number of nitrogens with zero attached hydrogens (tertiary/aromatic N) is 1. The number of aromatic nitrogens is 1. The zero-order valence-electron chi connectivity index (χ0n) is 14.0. The fourth-order valence-corrected chi connectivity index (χ4v) is 3.91. The van der Waals surface area contributed by atoms with Crippen molar-refractivity contribution >= 4 is 34.7 Å². The molecule has 0 fully saturated rings. The van der Waals surface area contributed by atoms with Crippen LogP contribution in [-0.2, 0) is 11.2 Å². The van der Waals surface area contributed by atoms with E-state index in [9.17, 15) is 18.0 Å². The van der Waals surface area contributed by atoms with Gasteiger partial charge in [0.1, 0.15) is 5.01 Å². The van der Waals surface area contributed by atoms with Crippen molar-refractivity contribution in [3.63, 3.8) is 0 Å². The average molecular weight is 408 g/mol. The van der Waals surface area contributed by atoms with E-state index in [1.165, 1.54) is 11.3 Å². The van der Waals surface area contributed by atoms with E-state index in [-0.39, 0.29) is 12.3 Å². The van der Waals surface area contributed by atoms with Crippen molar-refractivity contribution in [1.82, 2.24) is 4.98 Å². The van der Waals surface area contributed by atoms with Crippen LogP contribution in [0, 0.1) is 0 Å². The monoisotopic (exact) mass is 408 g/mol. The van der Waals surface area contributed by atoms with Gasteiger partial charge in [0, 0.05) is 15.8 Å². The Morgan fingerprint density at radius 3 is 2.52 bits per heavy atom. The first-order chi connectivity index (χ1) is 12.9. The van der Waals surface area contributed by atoms with Crippen molar-refractivity contribution in [2.75, 3.05) is 11.1 Å². The summed E-state index contributed by atoms with van der Waals surface area (Å²) in [6.07, 6.45) is -4.21. The molecule has 0 spiro atoms. The molecule has 140 valence electrons. The molecule has 1 N–H and O–H groups in total. The lowest BCUT2D eigenvalue weighted by atomic mass is 10.2. The van der Waals surface area contributed by atoms with Gasteiger partial charge in [-0.3, -0.25) is 4.79 Å². The van der Waals surface area contributed by atoms with E-state index in [1.54, 1.807) is 24.3 Å². The Morgan fingerprint density at radius 1 is 1.07 bits per heavy atom. The maximum atomic E-state index is 12.5. The third-order valence-corrected chi connectivity index (χ3v) is 5.55. The number of thioether (sulfide) groups is 1. The minimum Gasteiger partial charge on any atom is -0.325 e. The Labute approximate surface area is 162 Å². The Bertz CT molecular complexity index is 911. The van der Waals surface area contributed by atoms with Crippen LogP contribution < -0.4 is 5.32 Å². The second-order valence-corrected chi connectivity index (χ2v) is 7.51. The molecule has 2 aromatic carbocycles. The first kappa shape index (κ1) is 19.4. The predicted octanol–water partition coefficient (Wildman–Crippen LogP) is 5.65. The Balaban J connectivity index is 1.64. The van der Waals surface area contributed by atoms with E-state index in [0.717, 1.165) is 10.6 Å². The molecule has 0 aliphatic carbocycles. The lowest BCUT2D eigenvalue weighted by Crippen LogP contribution is -2.16. The fraction of sp³-hybridized carbons (Fsp3) is 0.158. The number of para-hydroxylation sites is 1. The van der Waals surface area contributed by atoms with Crippen molar-refractivity contribution in [3.05, 3.63) is 65.7 Å². The van der Waals surface area contributed by atoms with Crippen LogP contribution >= 0.6 is 23.1 Å². The zero-order valence-corrected chi connectivity index (χ0v) is 15.6. The maximum absolute atomic E-state index is 12.5. The van der Waals surface area contributed by atoms with E-state index in [0.29, 0.717) is 28.0 Å². The quantitative estimate of drug-likeness (QED) is 0.536. The van der Waals surface area contributed by atoms with Gasteiger partial charge in [0.25, 0.3) is 0 Å². The molecule has 3 nitrogen and oxygen atoms in total. The summed E-state index contributed by atoms with van der Waals surface area (Å²) in [5.41, 5.74) is 1.97. The van der Waals surface area contributed by atoms with E-state index < -0.39 is 11.9 Å². The first-order valence-electron chi connectivity index (χ1n) is 7.99. The van der Waals surface area contributed by atoms with Gasteiger partial charge >= 0.3 is 6.18 Å². The van der Waals surface area contributed by atoms with Gasteiger partial charge in [-0.1, -0.05) is 42.5 Å². The van der Waals surface area contributed by atoms with Crippen LogP contribution in [0.3, 0.4) is 0 Å². The van der Waals surface area contributed by atoms with Crippen LogP contribution in [0.15, 0.2) is 64.9 Å². The summed E-state index contributed by atoms with van der Waals surface area (Å²) >= 11 is 2.10. The van der Waals surface area contributed by atoms with E-state index in [1.807, 2.05) is 35.7 Å². The van der Waals surface area contributed by atoms with Gasteiger partial charge in [0.05, 0.1) is 23.6 Å². The number of hydrogen-bond donors (Lipinski definition) is 1. The molecule has 1 heterocycles. The van der Waals surface area contributed by atoms with Gasteiger partial charge in [0.15, 0.2) is 0 Å². The van der Waals surface area contributed by atoms with Crippen molar-refractivity contribution in [1.29, 1.82) is 0 Å². The molecule has 1 amide bonds. The van der Waals surface area contributed by atoms with Crippen LogP contribution in [-0.4, -0.2) is 22.8 Å². The lowest BCUT2D eigenvalue weighted by Gasteiger charge is -2.11. The number of anilines is 1. The number of carbonyl (C=O) groups excluding carboxylic acids is 1. The van der Waals surface area contributed by atoms with Crippen LogP contribution in [0.25, 0.3) is 10.6 Å². The summed E-state index contributed by atoms with van der Waals surface area (Å²) < 4.78 is 37.4. The number of nitrogens with one attached hydrogen (secondary N) is 1. The Morgan fingerprint density at radius 2 is 1.78 bits per heavy atom. The maximum Gasteiger partial charge on any atom is 0.398 e. The lowest BCUT2D eigenvalue weighted by molar-refractivity contribution is -0.115. The Kier molecular flexibility index (Phi) is 6.18. The van der Waals surface area contributed by atoms with E-state index >= 15 is 0 Å². The number of amides is 1. The molecule has 0 saturated heterocycles. The summed E-state index contributed by atoms with van der Waals surface area (Å²) in [6, 6.07) is 16.1.